The average molecular weight is 433 g/mol. The third kappa shape index (κ3) is 4.88. The first kappa shape index (κ1) is 20.9. The number of halogens is 2. The maximum atomic E-state index is 13.2. The molecule has 2 aromatic rings. The van der Waals surface area contributed by atoms with Crippen LogP contribution < -0.4 is 4.31 Å². The van der Waals surface area contributed by atoms with Crippen molar-refractivity contribution in [1.82, 2.24) is 0 Å². The van der Waals surface area contributed by atoms with Crippen LogP contribution in [0.1, 0.15) is 12.8 Å². The monoisotopic (exact) mass is 432 g/mol. The van der Waals surface area contributed by atoms with Gasteiger partial charge in [0.15, 0.2) is 4.90 Å². The van der Waals surface area contributed by atoms with Crippen molar-refractivity contribution in [2.45, 2.75) is 17.7 Å². The highest BCUT2D eigenvalue weighted by atomic mass is 35.5. The summed E-state index contributed by atoms with van der Waals surface area (Å²) in [5.41, 5.74) is -0.546. The standard InChI is InChI=1S/C16H14Cl2N2O6S/c17-11-7-8-13(12(18)10-11)19(9-3-6-16(21)22)27(25,26)15-5-2-1-4-14(15)20(23)24/h1-2,4-5,7-8,10H,3,6,9H2,(H,21,22). The molecule has 11 heteroatoms. The molecule has 0 radical (unpaired) electrons. The van der Waals surface area contributed by atoms with Gasteiger partial charge in [0.2, 0.25) is 0 Å². The number of nitro groups is 1. The fraction of sp³-hybridized carbons (Fsp3) is 0.188. The number of sulfonamides is 1. The van der Waals surface area contributed by atoms with Gasteiger partial charge in [-0.1, -0.05) is 35.3 Å². The molecule has 0 aliphatic heterocycles. The summed E-state index contributed by atoms with van der Waals surface area (Å²) in [4.78, 5) is 20.7. The van der Waals surface area contributed by atoms with E-state index in [-0.39, 0.29) is 35.1 Å². The summed E-state index contributed by atoms with van der Waals surface area (Å²) < 4.78 is 27.2. The Balaban J connectivity index is 2.58. The van der Waals surface area contributed by atoms with E-state index in [1.54, 1.807) is 0 Å². The van der Waals surface area contributed by atoms with E-state index >= 15 is 0 Å². The lowest BCUT2D eigenvalue weighted by Gasteiger charge is -2.25. The largest absolute Gasteiger partial charge is 0.481 e. The van der Waals surface area contributed by atoms with Crippen molar-refractivity contribution < 1.29 is 23.2 Å². The highest BCUT2D eigenvalue weighted by molar-refractivity contribution is 7.93. The number of rotatable bonds is 8. The van der Waals surface area contributed by atoms with Gasteiger partial charge in [-0.15, -0.1) is 0 Å². The zero-order valence-electron chi connectivity index (χ0n) is 13.7. The average Bonchev–Trinajstić information content (AvgIpc) is 2.59. The molecule has 0 heterocycles. The summed E-state index contributed by atoms with van der Waals surface area (Å²) >= 11 is 12.0. The van der Waals surface area contributed by atoms with Crippen molar-refractivity contribution in [3.05, 3.63) is 62.6 Å². The lowest BCUT2D eigenvalue weighted by Crippen LogP contribution is -2.33. The summed E-state index contributed by atoms with van der Waals surface area (Å²) in [5, 5.41) is 20.4. The fourth-order valence-electron chi connectivity index (χ4n) is 2.37. The molecule has 1 N–H and O–H groups in total. The Labute approximate surface area is 165 Å². The summed E-state index contributed by atoms with van der Waals surface area (Å²) in [6, 6.07) is 9.00. The number of carboxylic acids is 1. The van der Waals surface area contributed by atoms with Crippen LogP contribution in [-0.4, -0.2) is 31.0 Å². The smallest absolute Gasteiger partial charge is 0.303 e. The van der Waals surface area contributed by atoms with Gasteiger partial charge in [-0.05, 0) is 30.7 Å². The maximum absolute atomic E-state index is 13.2. The van der Waals surface area contributed by atoms with Gasteiger partial charge >= 0.3 is 5.97 Å². The van der Waals surface area contributed by atoms with Crippen molar-refractivity contribution in [1.29, 1.82) is 0 Å². The second-order valence-electron chi connectivity index (χ2n) is 5.40. The summed E-state index contributed by atoms with van der Waals surface area (Å²) in [5.74, 6) is -1.10. The zero-order valence-corrected chi connectivity index (χ0v) is 16.0. The number of nitrogens with zero attached hydrogens (tertiary/aromatic N) is 2. The molecule has 0 aliphatic carbocycles. The Morgan fingerprint density at radius 2 is 1.85 bits per heavy atom. The minimum atomic E-state index is -4.39. The summed E-state index contributed by atoms with van der Waals surface area (Å²) in [7, 11) is -4.39. The molecule has 2 aromatic carbocycles. The van der Waals surface area contributed by atoms with E-state index in [0.717, 1.165) is 16.4 Å². The van der Waals surface area contributed by atoms with Gasteiger partial charge < -0.3 is 5.11 Å². The maximum Gasteiger partial charge on any atom is 0.303 e. The molecule has 0 fully saturated rings. The molecular weight excluding hydrogens is 419 g/mol. The SMILES string of the molecule is O=C(O)CCCN(c1ccc(Cl)cc1Cl)S(=O)(=O)c1ccccc1[N+](=O)[O-]. The number of carboxylic acid groups (broad SMARTS) is 1. The van der Waals surface area contributed by atoms with Crippen molar-refractivity contribution in [2.24, 2.45) is 0 Å². The number of nitro benzene ring substituents is 1. The predicted molar refractivity (Wildman–Crippen MR) is 101 cm³/mol. The minimum Gasteiger partial charge on any atom is -0.481 e. The molecular formula is C16H14Cl2N2O6S. The molecule has 0 amide bonds. The van der Waals surface area contributed by atoms with Crippen LogP contribution in [0.25, 0.3) is 0 Å². The van der Waals surface area contributed by atoms with Crippen molar-refractivity contribution >= 4 is 50.6 Å². The molecule has 0 spiro atoms. The van der Waals surface area contributed by atoms with E-state index < -0.39 is 31.5 Å². The quantitative estimate of drug-likeness (QED) is 0.497. The Morgan fingerprint density at radius 3 is 2.44 bits per heavy atom. The Kier molecular flexibility index (Phi) is 6.63. The van der Waals surface area contributed by atoms with E-state index in [1.165, 1.54) is 30.3 Å². The van der Waals surface area contributed by atoms with Crippen molar-refractivity contribution in [2.75, 3.05) is 10.8 Å². The lowest BCUT2D eigenvalue weighted by atomic mass is 10.3. The van der Waals surface area contributed by atoms with Gasteiger partial charge in [-0.2, -0.15) is 0 Å². The molecule has 8 nitrogen and oxygen atoms in total. The van der Waals surface area contributed by atoms with Crippen LogP contribution in [0, 0.1) is 10.1 Å². The highest BCUT2D eigenvalue weighted by Gasteiger charge is 2.32. The molecule has 144 valence electrons. The number of benzene rings is 2. The molecule has 0 unspecified atom stereocenters. The van der Waals surface area contributed by atoms with Crippen LogP contribution in [0.3, 0.4) is 0 Å². The number of carbonyl (C=O) groups is 1. The first-order valence-corrected chi connectivity index (χ1v) is 9.77. The van der Waals surface area contributed by atoms with Gasteiger partial charge in [0.25, 0.3) is 15.7 Å². The molecule has 0 bridgehead atoms. The number of anilines is 1. The predicted octanol–water partition coefficient (Wildman–Crippen LogP) is 3.96. The lowest BCUT2D eigenvalue weighted by molar-refractivity contribution is -0.387. The van der Waals surface area contributed by atoms with Gasteiger partial charge in [0.05, 0.1) is 15.6 Å². The first-order valence-electron chi connectivity index (χ1n) is 7.57. The van der Waals surface area contributed by atoms with Crippen LogP contribution in [0.15, 0.2) is 47.4 Å². The minimum absolute atomic E-state index is 0.0139. The van der Waals surface area contributed by atoms with Crippen molar-refractivity contribution in [3.63, 3.8) is 0 Å². The fourth-order valence-corrected chi connectivity index (χ4v) is 4.62. The first-order chi connectivity index (χ1) is 12.6. The van der Waals surface area contributed by atoms with Gasteiger partial charge in [0, 0.05) is 24.1 Å². The molecule has 0 aromatic heterocycles. The zero-order chi connectivity index (χ0) is 20.2. The van der Waals surface area contributed by atoms with Crippen molar-refractivity contribution in [3.8, 4) is 0 Å². The summed E-state index contributed by atoms with van der Waals surface area (Å²) in [6.07, 6.45) is -0.303. The summed E-state index contributed by atoms with van der Waals surface area (Å²) in [6.45, 7) is -0.234. The van der Waals surface area contributed by atoms with Crippen LogP contribution in [-0.2, 0) is 14.8 Å². The molecule has 0 aliphatic rings. The Morgan fingerprint density at radius 1 is 1.19 bits per heavy atom. The Bertz CT molecular complexity index is 981. The second-order valence-corrected chi connectivity index (χ2v) is 8.07. The third-order valence-electron chi connectivity index (χ3n) is 3.56. The van der Waals surface area contributed by atoms with Gasteiger partial charge in [0.1, 0.15) is 0 Å². The van der Waals surface area contributed by atoms with E-state index in [4.69, 9.17) is 28.3 Å². The van der Waals surface area contributed by atoms with E-state index in [1.807, 2.05) is 0 Å². The molecule has 0 saturated heterocycles. The van der Waals surface area contributed by atoms with E-state index in [9.17, 15) is 23.3 Å². The topological polar surface area (TPSA) is 118 Å². The van der Waals surface area contributed by atoms with Crippen LogP contribution in [0.2, 0.25) is 10.0 Å². The highest BCUT2D eigenvalue weighted by Crippen LogP contribution is 2.35. The van der Waals surface area contributed by atoms with Gasteiger partial charge in [-0.3, -0.25) is 19.2 Å². The molecule has 0 atom stereocenters. The molecule has 27 heavy (non-hydrogen) atoms. The van der Waals surface area contributed by atoms with E-state index in [2.05, 4.69) is 0 Å². The van der Waals surface area contributed by atoms with E-state index in [0.29, 0.717) is 0 Å². The molecule has 2 rings (SSSR count). The van der Waals surface area contributed by atoms with Crippen LogP contribution in [0.4, 0.5) is 11.4 Å². The van der Waals surface area contributed by atoms with Crippen LogP contribution >= 0.6 is 23.2 Å². The number of hydrogen-bond acceptors (Lipinski definition) is 5. The van der Waals surface area contributed by atoms with Gasteiger partial charge in [-0.25, -0.2) is 8.42 Å². The molecule has 0 saturated carbocycles. The number of aliphatic carboxylic acids is 1. The normalized spacial score (nSPS) is 11.2. The number of para-hydroxylation sites is 1. The second kappa shape index (κ2) is 8.55. The van der Waals surface area contributed by atoms with Crippen LogP contribution in [0.5, 0.6) is 0 Å². The number of hydrogen-bond donors (Lipinski definition) is 1. The Hall–Kier alpha value is -2.36. The third-order valence-corrected chi connectivity index (χ3v) is 5.96.